The maximum atomic E-state index is 11.4. The predicted octanol–water partition coefficient (Wildman–Crippen LogP) is 2.71. The monoisotopic (exact) mass is 285 g/mol. The van der Waals surface area contributed by atoms with Crippen LogP contribution < -0.4 is 5.73 Å². The van der Waals surface area contributed by atoms with Crippen molar-refractivity contribution in [1.82, 2.24) is 9.38 Å². The van der Waals surface area contributed by atoms with Crippen molar-refractivity contribution in [2.45, 2.75) is 20.3 Å². The number of hydrogen-bond donors (Lipinski definition) is 1. The fraction of sp³-hybridized carbons (Fsp3) is 0.200. The molecule has 0 aliphatic heterocycles. The molecule has 0 fully saturated rings. The van der Waals surface area contributed by atoms with Gasteiger partial charge in [-0.15, -0.1) is 11.3 Å². The topological polar surface area (TPSA) is 60.4 Å². The van der Waals surface area contributed by atoms with E-state index in [-0.39, 0.29) is 12.3 Å². The molecule has 0 atom stereocenters. The zero-order valence-electron chi connectivity index (χ0n) is 11.4. The Morgan fingerprint density at radius 2 is 2.10 bits per heavy atom. The van der Waals surface area contributed by atoms with Crippen molar-refractivity contribution in [3.63, 3.8) is 0 Å². The Balaban J connectivity index is 2.27. The molecule has 0 spiro atoms. The molecule has 0 aliphatic carbocycles. The zero-order valence-corrected chi connectivity index (χ0v) is 12.2. The first-order valence-electron chi connectivity index (χ1n) is 6.37. The van der Waals surface area contributed by atoms with E-state index in [1.54, 1.807) is 11.3 Å². The predicted molar refractivity (Wildman–Crippen MR) is 80.9 cm³/mol. The lowest BCUT2D eigenvalue weighted by atomic mass is 10.2. The fourth-order valence-corrected chi connectivity index (χ4v) is 3.17. The van der Waals surface area contributed by atoms with Gasteiger partial charge in [-0.2, -0.15) is 0 Å². The molecule has 3 rings (SSSR count). The Morgan fingerprint density at radius 3 is 2.75 bits per heavy atom. The van der Waals surface area contributed by atoms with Crippen LogP contribution in [0.25, 0.3) is 16.2 Å². The minimum absolute atomic E-state index is 0.191. The van der Waals surface area contributed by atoms with E-state index in [0.29, 0.717) is 0 Å². The van der Waals surface area contributed by atoms with Crippen molar-refractivity contribution in [3.05, 3.63) is 46.6 Å². The summed E-state index contributed by atoms with van der Waals surface area (Å²) in [4.78, 5) is 18.3. The number of primary amides is 1. The molecule has 0 unspecified atom stereocenters. The lowest BCUT2D eigenvalue weighted by molar-refractivity contribution is -0.117. The number of amides is 1. The number of hydrogen-bond acceptors (Lipinski definition) is 3. The summed E-state index contributed by atoms with van der Waals surface area (Å²) in [5.41, 5.74) is 9.06. The fourth-order valence-electron chi connectivity index (χ4n) is 2.29. The number of carbonyl (C=O) groups is 1. The van der Waals surface area contributed by atoms with Gasteiger partial charge in [0.15, 0.2) is 0 Å². The number of aromatic nitrogens is 2. The quantitative estimate of drug-likeness (QED) is 0.804. The van der Waals surface area contributed by atoms with Crippen LogP contribution in [0.1, 0.15) is 16.1 Å². The zero-order chi connectivity index (χ0) is 14.3. The van der Waals surface area contributed by atoms with Gasteiger partial charge in [0.25, 0.3) is 0 Å². The van der Waals surface area contributed by atoms with Gasteiger partial charge in [0.05, 0.1) is 17.0 Å². The highest BCUT2D eigenvalue weighted by Gasteiger charge is 2.17. The second-order valence-electron chi connectivity index (χ2n) is 4.90. The first-order chi connectivity index (χ1) is 9.54. The lowest BCUT2D eigenvalue weighted by Crippen LogP contribution is -2.15. The molecule has 20 heavy (non-hydrogen) atoms. The van der Waals surface area contributed by atoms with Crippen LogP contribution in [0.15, 0.2) is 30.5 Å². The minimum Gasteiger partial charge on any atom is -0.369 e. The van der Waals surface area contributed by atoms with Crippen molar-refractivity contribution in [2.24, 2.45) is 5.73 Å². The molecular formula is C15H15N3OS. The summed E-state index contributed by atoms with van der Waals surface area (Å²) >= 11 is 1.67. The van der Waals surface area contributed by atoms with E-state index < -0.39 is 0 Å². The number of nitrogens with two attached hydrogens (primary N) is 1. The van der Waals surface area contributed by atoms with Crippen LogP contribution in [0, 0.1) is 13.8 Å². The van der Waals surface area contributed by atoms with Gasteiger partial charge in [-0.05, 0) is 37.6 Å². The van der Waals surface area contributed by atoms with Gasteiger partial charge in [-0.1, -0.05) is 6.07 Å². The van der Waals surface area contributed by atoms with Crippen LogP contribution in [-0.4, -0.2) is 15.3 Å². The number of aryl methyl sites for hydroxylation is 2. The minimum atomic E-state index is -0.345. The van der Waals surface area contributed by atoms with Crippen LogP contribution in [0.2, 0.25) is 0 Å². The Hall–Kier alpha value is -2.14. The molecule has 0 aromatic carbocycles. The van der Waals surface area contributed by atoms with E-state index in [1.807, 2.05) is 35.7 Å². The van der Waals surface area contributed by atoms with E-state index in [1.165, 1.54) is 4.88 Å². The van der Waals surface area contributed by atoms with Crippen molar-refractivity contribution in [3.8, 4) is 10.6 Å². The van der Waals surface area contributed by atoms with Crippen molar-refractivity contribution in [1.29, 1.82) is 0 Å². The summed E-state index contributed by atoms with van der Waals surface area (Å²) in [5, 5.41) is 0. The molecule has 0 bridgehead atoms. The third kappa shape index (κ3) is 2.20. The van der Waals surface area contributed by atoms with Crippen molar-refractivity contribution < 1.29 is 4.79 Å². The summed E-state index contributed by atoms with van der Waals surface area (Å²) < 4.78 is 1.96. The molecule has 4 nitrogen and oxygen atoms in total. The van der Waals surface area contributed by atoms with Crippen LogP contribution >= 0.6 is 11.3 Å². The molecule has 3 aromatic rings. The summed E-state index contributed by atoms with van der Waals surface area (Å²) in [7, 11) is 0. The van der Waals surface area contributed by atoms with E-state index in [9.17, 15) is 4.79 Å². The van der Waals surface area contributed by atoms with Gasteiger partial charge in [-0.25, -0.2) is 4.98 Å². The average Bonchev–Trinajstić information content (AvgIpc) is 2.94. The number of fused-ring (bicyclic) bond motifs is 1. The highest BCUT2D eigenvalue weighted by atomic mass is 32.1. The molecule has 0 aliphatic rings. The molecule has 5 heteroatoms. The van der Waals surface area contributed by atoms with Gasteiger partial charge in [0, 0.05) is 11.1 Å². The SMILES string of the molecule is Cc1ccc2nc(-c3ccc(C)s3)c(CC(N)=O)n2c1. The maximum absolute atomic E-state index is 11.4. The lowest BCUT2D eigenvalue weighted by Gasteiger charge is -2.02. The Labute approximate surface area is 120 Å². The van der Waals surface area contributed by atoms with Gasteiger partial charge < -0.3 is 10.1 Å². The Bertz CT molecular complexity index is 801. The van der Waals surface area contributed by atoms with Crippen LogP contribution in [0.4, 0.5) is 0 Å². The Morgan fingerprint density at radius 1 is 1.30 bits per heavy atom. The standard InChI is InChI=1S/C15H15N3OS/c1-9-3-6-14-17-15(12-5-4-10(2)20-12)11(7-13(16)19)18(14)8-9/h3-6,8H,7H2,1-2H3,(H2,16,19). The van der Waals surface area contributed by atoms with Crippen molar-refractivity contribution >= 4 is 22.9 Å². The highest BCUT2D eigenvalue weighted by molar-refractivity contribution is 7.15. The van der Waals surface area contributed by atoms with Gasteiger partial charge >= 0.3 is 0 Å². The van der Waals surface area contributed by atoms with Crippen LogP contribution in [-0.2, 0) is 11.2 Å². The number of rotatable bonds is 3. The third-order valence-corrected chi connectivity index (χ3v) is 4.19. The van der Waals surface area contributed by atoms with Crippen LogP contribution in [0.3, 0.4) is 0 Å². The molecule has 0 saturated carbocycles. The number of thiophene rings is 1. The first kappa shape index (κ1) is 12.9. The van der Waals surface area contributed by atoms with Crippen molar-refractivity contribution in [2.75, 3.05) is 0 Å². The second-order valence-corrected chi connectivity index (χ2v) is 6.18. The van der Waals surface area contributed by atoms with Gasteiger partial charge in [0.1, 0.15) is 11.3 Å². The molecule has 2 N–H and O–H groups in total. The van der Waals surface area contributed by atoms with E-state index in [4.69, 9.17) is 5.73 Å². The van der Waals surface area contributed by atoms with E-state index in [2.05, 4.69) is 18.0 Å². The number of imidazole rings is 1. The molecule has 3 heterocycles. The molecule has 0 radical (unpaired) electrons. The van der Waals surface area contributed by atoms with Crippen LogP contribution in [0.5, 0.6) is 0 Å². The maximum Gasteiger partial charge on any atom is 0.223 e. The summed E-state index contributed by atoms with van der Waals surface area (Å²) in [6, 6.07) is 8.08. The number of carbonyl (C=O) groups excluding carboxylic acids is 1. The summed E-state index contributed by atoms with van der Waals surface area (Å²) in [6.07, 6.45) is 2.18. The van der Waals surface area contributed by atoms with E-state index in [0.717, 1.165) is 27.5 Å². The third-order valence-electron chi connectivity index (χ3n) is 3.18. The second kappa shape index (κ2) is 4.76. The largest absolute Gasteiger partial charge is 0.369 e. The molecule has 3 aromatic heterocycles. The molecule has 102 valence electrons. The number of nitrogens with zero attached hydrogens (tertiary/aromatic N) is 2. The molecular weight excluding hydrogens is 270 g/mol. The van der Waals surface area contributed by atoms with Gasteiger partial charge in [-0.3, -0.25) is 4.79 Å². The highest BCUT2D eigenvalue weighted by Crippen LogP contribution is 2.31. The number of pyridine rings is 1. The average molecular weight is 285 g/mol. The summed E-state index contributed by atoms with van der Waals surface area (Å²) in [5.74, 6) is -0.345. The Kier molecular flexibility index (Phi) is 3.06. The summed E-state index contributed by atoms with van der Waals surface area (Å²) in [6.45, 7) is 4.07. The molecule has 1 amide bonds. The van der Waals surface area contributed by atoms with E-state index >= 15 is 0 Å². The molecule has 0 saturated heterocycles. The smallest absolute Gasteiger partial charge is 0.223 e. The van der Waals surface area contributed by atoms with Gasteiger partial charge in [0.2, 0.25) is 5.91 Å². The normalized spacial score (nSPS) is 11.1. The first-order valence-corrected chi connectivity index (χ1v) is 7.19.